The summed E-state index contributed by atoms with van der Waals surface area (Å²) < 4.78 is 5.16. The van der Waals surface area contributed by atoms with Gasteiger partial charge in [-0.1, -0.05) is 18.2 Å². The summed E-state index contributed by atoms with van der Waals surface area (Å²) in [6.07, 6.45) is 0. The van der Waals surface area contributed by atoms with Crippen molar-refractivity contribution >= 4 is 18.5 Å². The maximum atomic E-state index is 12.2. The molecule has 0 radical (unpaired) electrons. The van der Waals surface area contributed by atoms with E-state index in [1.807, 2.05) is 43.3 Å². The second kappa shape index (κ2) is 6.48. The molecule has 2 rings (SSSR count). The van der Waals surface area contributed by atoms with E-state index in [1.54, 1.807) is 13.2 Å². The van der Waals surface area contributed by atoms with Crippen molar-refractivity contribution in [2.45, 2.75) is 18.4 Å². The molecule has 2 aromatic rings. The Morgan fingerprint density at radius 2 is 2.05 bits per heavy atom. The third kappa shape index (κ3) is 3.54. The summed E-state index contributed by atoms with van der Waals surface area (Å²) in [6.45, 7) is 2.37. The summed E-state index contributed by atoms with van der Waals surface area (Å²) in [7, 11) is 1.62. The SMILES string of the molecule is COc1cccc(CNC(=O)c2cc(S)ccc2C)c1. The number of carbonyl (C=O) groups is 1. The van der Waals surface area contributed by atoms with Gasteiger partial charge in [-0.05, 0) is 42.3 Å². The molecule has 20 heavy (non-hydrogen) atoms. The second-order valence-electron chi connectivity index (χ2n) is 4.53. The second-order valence-corrected chi connectivity index (χ2v) is 5.05. The zero-order valence-electron chi connectivity index (χ0n) is 11.5. The minimum absolute atomic E-state index is 0.0961. The molecule has 0 fully saturated rings. The summed E-state index contributed by atoms with van der Waals surface area (Å²) >= 11 is 4.26. The van der Waals surface area contributed by atoms with Crippen LogP contribution in [0.1, 0.15) is 21.5 Å². The van der Waals surface area contributed by atoms with Gasteiger partial charge in [-0.15, -0.1) is 12.6 Å². The number of carbonyl (C=O) groups excluding carboxylic acids is 1. The van der Waals surface area contributed by atoms with Gasteiger partial charge in [-0.3, -0.25) is 4.79 Å². The summed E-state index contributed by atoms with van der Waals surface area (Å²) in [4.78, 5) is 12.9. The first-order valence-electron chi connectivity index (χ1n) is 6.31. The Morgan fingerprint density at radius 3 is 2.80 bits per heavy atom. The predicted octanol–water partition coefficient (Wildman–Crippen LogP) is 3.22. The molecule has 0 saturated carbocycles. The molecule has 0 aliphatic rings. The molecular weight excluding hydrogens is 270 g/mol. The summed E-state index contributed by atoms with van der Waals surface area (Å²) in [5.41, 5.74) is 2.59. The van der Waals surface area contributed by atoms with Gasteiger partial charge in [0.1, 0.15) is 5.75 Å². The predicted molar refractivity (Wildman–Crippen MR) is 82.6 cm³/mol. The third-order valence-corrected chi connectivity index (χ3v) is 3.33. The van der Waals surface area contributed by atoms with Crippen molar-refractivity contribution in [2.24, 2.45) is 0 Å². The highest BCUT2D eigenvalue weighted by molar-refractivity contribution is 7.80. The molecule has 0 aromatic heterocycles. The average Bonchev–Trinajstić information content (AvgIpc) is 2.47. The van der Waals surface area contributed by atoms with Crippen molar-refractivity contribution in [2.75, 3.05) is 7.11 Å². The Bertz CT molecular complexity index is 626. The van der Waals surface area contributed by atoms with E-state index in [0.29, 0.717) is 12.1 Å². The Hall–Kier alpha value is -1.94. The highest BCUT2D eigenvalue weighted by atomic mass is 32.1. The van der Waals surface area contributed by atoms with Crippen LogP contribution >= 0.6 is 12.6 Å². The molecule has 0 atom stereocenters. The van der Waals surface area contributed by atoms with Crippen LogP contribution in [0.15, 0.2) is 47.4 Å². The quantitative estimate of drug-likeness (QED) is 0.847. The van der Waals surface area contributed by atoms with E-state index < -0.39 is 0 Å². The molecule has 0 spiro atoms. The number of benzene rings is 2. The van der Waals surface area contributed by atoms with Gasteiger partial charge in [-0.25, -0.2) is 0 Å². The molecule has 1 N–H and O–H groups in total. The molecular formula is C16H17NO2S. The molecule has 0 saturated heterocycles. The minimum atomic E-state index is -0.0961. The van der Waals surface area contributed by atoms with Crippen molar-refractivity contribution < 1.29 is 9.53 Å². The number of ether oxygens (including phenoxy) is 1. The highest BCUT2D eigenvalue weighted by Gasteiger charge is 2.09. The van der Waals surface area contributed by atoms with Gasteiger partial charge < -0.3 is 10.1 Å². The molecule has 4 heteroatoms. The van der Waals surface area contributed by atoms with Crippen molar-refractivity contribution in [3.05, 3.63) is 59.2 Å². The minimum Gasteiger partial charge on any atom is -0.497 e. The van der Waals surface area contributed by atoms with Crippen molar-refractivity contribution in [3.63, 3.8) is 0 Å². The largest absolute Gasteiger partial charge is 0.497 e. The van der Waals surface area contributed by atoms with Gasteiger partial charge in [-0.2, -0.15) is 0 Å². The van der Waals surface area contributed by atoms with E-state index in [2.05, 4.69) is 17.9 Å². The molecule has 0 bridgehead atoms. The number of nitrogens with one attached hydrogen (secondary N) is 1. The number of hydrogen-bond acceptors (Lipinski definition) is 3. The monoisotopic (exact) mass is 287 g/mol. The van der Waals surface area contributed by atoms with Crippen LogP contribution in [0.5, 0.6) is 5.75 Å². The lowest BCUT2D eigenvalue weighted by Gasteiger charge is -2.09. The number of methoxy groups -OCH3 is 1. The lowest BCUT2D eigenvalue weighted by Crippen LogP contribution is -2.23. The first kappa shape index (κ1) is 14.5. The number of aryl methyl sites for hydroxylation is 1. The normalized spacial score (nSPS) is 10.2. The zero-order valence-corrected chi connectivity index (χ0v) is 12.4. The lowest BCUT2D eigenvalue weighted by atomic mass is 10.1. The summed E-state index contributed by atoms with van der Waals surface area (Å²) in [6, 6.07) is 13.2. The number of hydrogen-bond donors (Lipinski definition) is 2. The van der Waals surface area contributed by atoms with Crippen LogP contribution in [0.4, 0.5) is 0 Å². The lowest BCUT2D eigenvalue weighted by molar-refractivity contribution is 0.0950. The summed E-state index contributed by atoms with van der Waals surface area (Å²) in [5, 5.41) is 2.91. The first-order valence-corrected chi connectivity index (χ1v) is 6.75. The molecule has 0 heterocycles. The molecule has 0 unspecified atom stereocenters. The fourth-order valence-electron chi connectivity index (χ4n) is 1.91. The molecule has 0 aliphatic carbocycles. The molecule has 104 valence electrons. The van der Waals surface area contributed by atoms with Crippen molar-refractivity contribution in [1.29, 1.82) is 0 Å². The van der Waals surface area contributed by atoms with Gasteiger partial charge in [0.05, 0.1) is 7.11 Å². The van der Waals surface area contributed by atoms with E-state index in [9.17, 15) is 4.79 Å². The molecule has 3 nitrogen and oxygen atoms in total. The van der Waals surface area contributed by atoms with Gasteiger partial charge in [0.2, 0.25) is 0 Å². The third-order valence-electron chi connectivity index (χ3n) is 3.05. The van der Waals surface area contributed by atoms with Gasteiger partial charge in [0.15, 0.2) is 0 Å². The number of thiol groups is 1. The van der Waals surface area contributed by atoms with E-state index in [1.165, 1.54) is 0 Å². The molecule has 1 amide bonds. The van der Waals surface area contributed by atoms with Crippen molar-refractivity contribution in [3.8, 4) is 5.75 Å². The van der Waals surface area contributed by atoms with Crippen LogP contribution < -0.4 is 10.1 Å². The van der Waals surface area contributed by atoms with Crippen LogP contribution in [0.3, 0.4) is 0 Å². The van der Waals surface area contributed by atoms with Crippen LogP contribution in [-0.4, -0.2) is 13.0 Å². The fourth-order valence-corrected chi connectivity index (χ4v) is 2.12. The molecule has 2 aromatic carbocycles. The highest BCUT2D eigenvalue weighted by Crippen LogP contribution is 2.15. The van der Waals surface area contributed by atoms with Gasteiger partial charge >= 0.3 is 0 Å². The van der Waals surface area contributed by atoms with E-state index in [0.717, 1.165) is 21.8 Å². The summed E-state index contributed by atoms with van der Waals surface area (Å²) in [5.74, 6) is 0.687. The average molecular weight is 287 g/mol. The van der Waals surface area contributed by atoms with Crippen LogP contribution in [0.2, 0.25) is 0 Å². The van der Waals surface area contributed by atoms with Gasteiger partial charge in [0.25, 0.3) is 5.91 Å². The smallest absolute Gasteiger partial charge is 0.251 e. The van der Waals surface area contributed by atoms with E-state index in [4.69, 9.17) is 4.74 Å². The maximum Gasteiger partial charge on any atom is 0.251 e. The maximum absolute atomic E-state index is 12.2. The van der Waals surface area contributed by atoms with Crippen LogP contribution in [0, 0.1) is 6.92 Å². The molecule has 0 aliphatic heterocycles. The first-order chi connectivity index (χ1) is 9.60. The Morgan fingerprint density at radius 1 is 1.25 bits per heavy atom. The topological polar surface area (TPSA) is 38.3 Å². The van der Waals surface area contributed by atoms with E-state index >= 15 is 0 Å². The number of amides is 1. The van der Waals surface area contributed by atoms with E-state index in [-0.39, 0.29) is 5.91 Å². The Kier molecular flexibility index (Phi) is 4.69. The Balaban J connectivity index is 2.06. The van der Waals surface area contributed by atoms with Crippen LogP contribution in [0.25, 0.3) is 0 Å². The zero-order chi connectivity index (χ0) is 14.5. The van der Waals surface area contributed by atoms with Crippen LogP contribution in [-0.2, 0) is 6.54 Å². The number of rotatable bonds is 4. The standard InChI is InChI=1S/C16H17NO2S/c1-11-6-7-14(20)9-15(11)16(18)17-10-12-4-3-5-13(8-12)19-2/h3-9,20H,10H2,1-2H3,(H,17,18). The Labute approximate surface area is 124 Å². The fraction of sp³-hybridized carbons (Fsp3) is 0.188. The van der Waals surface area contributed by atoms with Gasteiger partial charge in [0, 0.05) is 17.0 Å². The van der Waals surface area contributed by atoms with Crippen molar-refractivity contribution in [1.82, 2.24) is 5.32 Å².